The zero-order chi connectivity index (χ0) is 11.7. The van der Waals surface area contributed by atoms with Crippen molar-refractivity contribution in [3.05, 3.63) is 40.3 Å². The topological polar surface area (TPSA) is 99.9 Å². The number of benzene rings is 1. The third-order valence-corrected chi connectivity index (χ3v) is 1.89. The van der Waals surface area contributed by atoms with Crippen molar-refractivity contribution < 1.29 is 9.31 Å². The van der Waals surface area contributed by atoms with Gasteiger partial charge in [0.05, 0.1) is 17.2 Å². The summed E-state index contributed by atoms with van der Waals surface area (Å²) in [5, 5.41) is 17.8. The zero-order valence-electron chi connectivity index (χ0n) is 7.87. The lowest BCUT2D eigenvalue weighted by Crippen LogP contribution is -2.01. The lowest BCUT2D eigenvalue weighted by molar-refractivity contribution is -0.384. The van der Waals surface area contributed by atoms with Crippen molar-refractivity contribution >= 4 is 11.5 Å². The lowest BCUT2D eigenvalue weighted by atomic mass is 10.2. The van der Waals surface area contributed by atoms with E-state index in [1.54, 1.807) is 0 Å². The Morgan fingerprint density at radius 3 is 2.81 bits per heavy atom. The third kappa shape index (κ3) is 1.67. The van der Waals surface area contributed by atoms with Crippen LogP contribution in [0.25, 0.3) is 5.69 Å². The Morgan fingerprint density at radius 2 is 2.25 bits per heavy atom. The first-order valence-corrected chi connectivity index (χ1v) is 4.20. The summed E-state index contributed by atoms with van der Waals surface area (Å²) >= 11 is 0. The Balaban J connectivity index is 2.60. The number of hydrogen-bond donors (Lipinski definition) is 1. The van der Waals surface area contributed by atoms with E-state index in [1.165, 1.54) is 12.3 Å². The van der Waals surface area contributed by atoms with E-state index in [0.29, 0.717) is 0 Å². The van der Waals surface area contributed by atoms with Crippen LogP contribution in [-0.2, 0) is 0 Å². The fraction of sp³-hybridized carbons (Fsp3) is 0. The van der Waals surface area contributed by atoms with Gasteiger partial charge >= 0.3 is 0 Å². The smallest absolute Gasteiger partial charge is 0.297 e. The average molecular weight is 223 g/mol. The van der Waals surface area contributed by atoms with E-state index in [0.717, 1.165) is 16.8 Å². The molecule has 1 aromatic heterocycles. The molecule has 16 heavy (non-hydrogen) atoms. The fourth-order valence-electron chi connectivity index (χ4n) is 1.23. The highest BCUT2D eigenvalue weighted by Crippen LogP contribution is 2.23. The molecule has 0 spiro atoms. The van der Waals surface area contributed by atoms with E-state index >= 15 is 0 Å². The monoisotopic (exact) mass is 223 g/mol. The zero-order valence-corrected chi connectivity index (χ0v) is 7.87. The minimum Gasteiger partial charge on any atom is -0.381 e. The van der Waals surface area contributed by atoms with Gasteiger partial charge in [-0.1, -0.05) is 5.21 Å². The standard InChI is InChI=1S/C8H6FN5O2/c9-5-1-2-6(7(3-5)14(15)16)13-4-8(10)11-12-13/h1-4H,10H2. The van der Waals surface area contributed by atoms with Crippen molar-refractivity contribution in [1.82, 2.24) is 15.0 Å². The molecule has 0 amide bonds. The van der Waals surface area contributed by atoms with Gasteiger partial charge in [-0.25, -0.2) is 9.07 Å². The highest BCUT2D eigenvalue weighted by atomic mass is 19.1. The fourth-order valence-corrected chi connectivity index (χ4v) is 1.23. The molecule has 0 unspecified atom stereocenters. The average Bonchev–Trinajstić information content (AvgIpc) is 2.64. The number of nitrogens with two attached hydrogens (primary N) is 1. The van der Waals surface area contributed by atoms with E-state index in [4.69, 9.17) is 5.73 Å². The summed E-state index contributed by atoms with van der Waals surface area (Å²) < 4.78 is 14.0. The number of nitro groups is 1. The van der Waals surface area contributed by atoms with Crippen LogP contribution in [0, 0.1) is 15.9 Å². The Morgan fingerprint density at radius 1 is 1.50 bits per heavy atom. The summed E-state index contributed by atoms with van der Waals surface area (Å²) in [6.07, 6.45) is 1.31. The van der Waals surface area contributed by atoms with Crippen molar-refractivity contribution in [2.75, 3.05) is 5.73 Å². The number of nitrogens with zero attached hydrogens (tertiary/aromatic N) is 4. The first kappa shape index (κ1) is 10.0. The first-order valence-electron chi connectivity index (χ1n) is 4.20. The second kappa shape index (κ2) is 3.57. The van der Waals surface area contributed by atoms with E-state index in [1.807, 2.05) is 0 Å². The molecule has 8 heteroatoms. The van der Waals surface area contributed by atoms with Crippen LogP contribution in [0.15, 0.2) is 24.4 Å². The molecule has 7 nitrogen and oxygen atoms in total. The van der Waals surface area contributed by atoms with Gasteiger partial charge in [-0.2, -0.15) is 0 Å². The second-order valence-corrected chi connectivity index (χ2v) is 2.98. The Bertz CT molecular complexity index is 553. The Kier molecular flexibility index (Phi) is 2.24. The van der Waals surface area contributed by atoms with Crippen molar-refractivity contribution in [3.63, 3.8) is 0 Å². The maximum Gasteiger partial charge on any atom is 0.297 e. The summed E-state index contributed by atoms with van der Waals surface area (Å²) in [5.41, 5.74) is 5.04. The summed E-state index contributed by atoms with van der Waals surface area (Å²) in [7, 11) is 0. The minimum atomic E-state index is -0.698. The first-order chi connectivity index (χ1) is 7.58. The van der Waals surface area contributed by atoms with Gasteiger partial charge in [-0.3, -0.25) is 10.1 Å². The quantitative estimate of drug-likeness (QED) is 0.602. The Hall–Kier alpha value is -2.51. The predicted octanol–water partition coefficient (Wildman–Crippen LogP) is 0.897. The molecule has 2 aromatic rings. The molecule has 1 heterocycles. The molecule has 0 aliphatic carbocycles. The molecular formula is C8H6FN5O2. The summed E-state index contributed by atoms with van der Waals surface area (Å²) in [6, 6.07) is 3.15. The van der Waals surface area contributed by atoms with Gasteiger partial charge in [-0.05, 0) is 12.1 Å². The third-order valence-electron chi connectivity index (χ3n) is 1.89. The summed E-state index contributed by atoms with van der Waals surface area (Å²) in [5.74, 6) is -0.567. The molecule has 2 N–H and O–H groups in total. The Labute approximate surface area is 88.4 Å². The molecule has 0 bridgehead atoms. The number of nitrogen functional groups attached to an aromatic ring is 1. The van der Waals surface area contributed by atoms with Crippen molar-refractivity contribution in [2.24, 2.45) is 0 Å². The number of aromatic nitrogens is 3. The van der Waals surface area contributed by atoms with Gasteiger partial charge in [0.15, 0.2) is 5.82 Å². The minimum absolute atomic E-state index is 0.107. The highest BCUT2D eigenvalue weighted by Gasteiger charge is 2.17. The van der Waals surface area contributed by atoms with Crippen molar-refractivity contribution in [1.29, 1.82) is 0 Å². The normalized spacial score (nSPS) is 10.3. The van der Waals surface area contributed by atoms with Gasteiger partial charge in [0.25, 0.3) is 5.69 Å². The van der Waals surface area contributed by atoms with E-state index in [9.17, 15) is 14.5 Å². The molecule has 2 rings (SSSR count). The van der Waals surface area contributed by atoms with E-state index in [-0.39, 0.29) is 11.5 Å². The predicted molar refractivity (Wildman–Crippen MR) is 52.4 cm³/mol. The molecule has 0 saturated heterocycles. The van der Waals surface area contributed by atoms with E-state index < -0.39 is 16.4 Å². The second-order valence-electron chi connectivity index (χ2n) is 2.98. The lowest BCUT2D eigenvalue weighted by Gasteiger charge is -2.01. The van der Waals surface area contributed by atoms with Crippen LogP contribution in [0.4, 0.5) is 15.9 Å². The molecule has 0 radical (unpaired) electrons. The SMILES string of the molecule is Nc1cn(-c2ccc(F)cc2[N+](=O)[O-])nn1. The number of halogens is 1. The van der Waals surface area contributed by atoms with Crippen LogP contribution >= 0.6 is 0 Å². The number of anilines is 1. The molecule has 0 atom stereocenters. The van der Waals surface area contributed by atoms with Crippen LogP contribution in [0.3, 0.4) is 0 Å². The molecule has 0 aliphatic rings. The van der Waals surface area contributed by atoms with Crippen LogP contribution in [0.5, 0.6) is 0 Å². The van der Waals surface area contributed by atoms with Crippen molar-refractivity contribution in [2.45, 2.75) is 0 Å². The van der Waals surface area contributed by atoms with Gasteiger partial charge in [0.2, 0.25) is 0 Å². The largest absolute Gasteiger partial charge is 0.381 e. The molecule has 82 valence electrons. The molecule has 0 saturated carbocycles. The molecule has 1 aromatic carbocycles. The van der Waals surface area contributed by atoms with Crippen LogP contribution < -0.4 is 5.73 Å². The maximum absolute atomic E-state index is 12.9. The number of rotatable bonds is 2. The highest BCUT2D eigenvalue weighted by molar-refractivity contribution is 5.52. The summed E-state index contributed by atoms with van der Waals surface area (Å²) in [6.45, 7) is 0. The molecular weight excluding hydrogens is 217 g/mol. The van der Waals surface area contributed by atoms with Crippen LogP contribution in [0.2, 0.25) is 0 Å². The number of hydrogen-bond acceptors (Lipinski definition) is 5. The summed E-state index contributed by atoms with van der Waals surface area (Å²) in [4.78, 5) is 10.0. The number of nitro benzene ring substituents is 1. The molecule has 0 aliphatic heterocycles. The molecule has 0 fully saturated rings. The van der Waals surface area contributed by atoms with Gasteiger partial charge in [-0.15, -0.1) is 5.10 Å². The van der Waals surface area contributed by atoms with Crippen LogP contribution in [-0.4, -0.2) is 19.9 Å². The maximum atomic E-state index is 12.9. The van der Waals surface area contributed by atoms with E-state index in [2.05, 4.69) is 10.3 Å². The van der Waals surface area contributed by atoms with Gasteiger partial charge < -0.3 is 5.73 Å². The van der Waals surface area contributed by atoms with Crippen molar-refractivity contribution in [3.8, 4) is 5.69 Å². The van der Waals surface area contributed by atoms with Crippen LogP contribution in [0.1, 0.15) is 0 Å². The van der Waals surface area contributed by atoms with Gasteiger partial charge in [0, 0.05) is 0 Å². The van der Waals surface area contributed by atoms with Gasteiger partial charge in [0.1, 0.15) is 11.5 Å².